The van der Waals surface area contributed by atoms with Gasteiger partial charge in [0.1, 0.15) is 0 Å². The maximum Gasteiger partial charge on any atom is 0.0636 e. The molecule has 0 heterocycles. The normalized spacial score (nSPS) is 13.6. The van der Waals surface area contributed by atoms with E-state index < -0.39 is 0 Å². The molecule has 0 aromatic heterocycles. The highest BCUT2D eigenvalue weighted by Gasteiger charge is 2.19. The minimum absolute atomic E-state index is 0.0215. The van der Waals surface area contributed by atoms with Gasteiger partial charge in [-0.1, -0.05) is 164 Å². The molecule has 0 saturated carbocycles. The average Bonchev–Trinajstić information content (AvgIpc) is 3.20. The number of fused-ring (bicyclic) bond motifs is 4. The minimum atomic E-state index is -0.385. The highest BCUT2D eigenvalue weighted by molar-refractivity contribution is 6.23. The summed E-state index contributed by atoms with van der Waals surface area (Å²) in [5.41, 5.74) is 4.97. The van der Waals surface area contributed by atoms with Gasteiger partial charge >= 0.3 is 0 Å². The summed E-state index contributed by atoms with van der Waals surface area (Å²) >= 11 is 0. The van der Waals surface area contributed by atoms with Crippen molar-refractivity contribution < 1.29 is 9.60 Å². The Hall–Kier alpha value is -5.98. The van der Waals surface area contributed by atoms with Crippen molar-refractivity contribution in [2.45, 2.75) is 0 Å². The summed E-state index contributed by atoms with van der Waals surface area (Å²) in [6, 6.07) is 43.5. The largest absolute Gasteiger partial charge is 0.0636 e. The van der Waals surface area contributed by atoms with Crippen molar-refractivity contribution in [3.8, 4) is 44.5 Å². The van der Waals surface area contributed by atoms with Crippen LogP contribution >= 0.6 is 0 Å². The third kappa shape index (κ3) is 4.30. The maximum absolute atomic E-state index is 10.1. The topological polar surface area (TPSA) is 0 Å². The van der Waals surface area contributed by atoms with Gasteiger partial charge in [0.05, 0.1) is 9.60 Å². The molecule has 0 heteroatoms. The lowest BCUT2D eigenvalue weighted by Crippen LogP contribution is -1.93. The highest BCUT2D eigenvalue weighted by atomic mass is 14.2. The zero-order valence-corrected chi connectivity index (χ0v) is 24.8. The van der Waals surface area contributed by atoms with Gasteiger partial charge in [0.15, 0.2) is 0 Å². The molecular formula is C46H30. The van der Waals surface area contributed by atoms with Crippen LogP contribution in [0.4, 0.5) is 0 Å². The van der Waals surface area contributed by atoms with Gasteiger partial charge in [-0.25, -0.2) is 0 Å². The van der Waals surface area contributed by atoms with Gasteiger partial charge in [-0.3, -0.25) is 0 Å². The van der Waals surface area contributed by atoms with Crippen LogP contribution in [0, 0.1) is 0 Å². The predicted molar refractivity (Wildman–Crippen MR) is 198 cm³/mol. The SMILES string of the molecule is [2H]c1c([2H])c([2H])c2c(-c3cc(-c4ccccc4)c4ccccc4c3)c3c([2H])c(-c4cccc5ccccc45)c([2H])c([2H])c3c(-c3ccccc3)c2c1[2H]. The van der Waals surface area contributed by atoms with E-state index in [1.165, 1.54) is 0 Å². The summed E-state index contributed by atoms with van der Waals surface area (Å²) in [4.78, 5) is 0. The molecule has 0 aliphatic heterocycles. The first kappa shape index (κ1) is 20.1. The Labute approximate surface area is 278 Å². The van der Waals surface area contributed by atoms with Crippen molar-refractivity contribution in [1.82, 2.24) is 0 Å². The van der Waals surface area contributed by atoms with Gasteiger partial charge in [0.25, 0.3) is 0 Å². The Morgan fingerprint density at radius 2 is 0.891 bits per heavy atom. The van der Waals surface area contributed by atoms with E-state index in [1.807, 2.05) is 133 Å². The monoisotopic (exact) mass is 589 g/mol. The second kappa shape index (κ2) is 10.9. The molecule has 0 radical (unpaired) electrons. The van der Waals surface area contributed by atoms with E-state index in [-0.39, 0.29) is 53.1 Å². The Kier molecular flexibility index (Phi) is 4.76. The lowest BCUT2D eigenvalue weighted by atomic mass is 9.83. The molecule has 0 amide bonds. The molecule has 0 aliphatic carbocycles. The second-order valence-corrected chi connectivity index (χ2v) is 11.5. The summed E-state index contributed by atoms with van der Waals surface area (Å²) < 4.78 is 66.0. The van der Waals surface area contributed by atoms with Crippen LogP contribution in [0.2, 0.25) is 0 Å². The number of rotatable bonds is 4. The predicted octanol–water partition coefficient (Wildman–Crippen LogP) is 13.0. The van der Waals surface area contributed by atoms with Crippen molar-refractivity contribution in [2.75, 3.05) is 0 Å². The standard InChI is InChI=1S/C46H30/c1-3-14-32(15-4-1)43-30-36(28-34-19-8-10-22-39(34)43)46-41-24-12-11-23-40(41)45(33-17-5-2-6-18-33)42-27-26-35(29-44(42)46)38-25-13-20-31-16-7-9-21-37(31)38/h1-30H/i11D,12D,23D,24D,26D,27D,29D. The smallest absolute Gasteiger partial charge is 0.0622 e. The van der Waals surface area contributed by atoms with Gasteiger partial charge < -0.3 is 0 Å². The molecule has 46 heavy (non-hydrogen) atoms. The van der Waals surface area contributed by atoms with Gasteiger partial charge in [-0.2, -0.15) is 0 Å². The molecule has 0 unspecified atom stereocenters. The lowest BCUT2D eigenvalue weighted by molar-refractivity contribution is 1.63. The van der Waals surface area contributed by atoms with Crippen molar-refractivity contribution in [3.63, 3.8) is 0 Å². The summed E-state index contributed by atoms with van der Waals surface area (Å²) in [7, 11) is 0. The molecule has 0 bridgehead atoms. The lowest BCUT2D eigenvalue weighted by Gasteiger charge is -2.20. The van der Waals surface area contributed by atoms with E-state index in [2.05, 4.69) is 6.07 Å². The minimum Gasteiger partial charge on any atom is -0.0622 e. The first-order valence-electron chi connectivity index (χ1n) is 18.9. The van der Waals surface area contributed by atoms with Crippen molar-refractivity contribution in [3.05, 3.63) is 182 Å². The van der Waals surface area contributed by atoms with Crippen molar-refractivity contribution >= 4 is 43.1 Å². The van der Waals surface area contributed by atoms with E-state index >= 15 is 0 Å². The van der Waals surface area contributed by atoms with E-state index in [0.29, 0.717) is 44.2 Å². The van der Waals surface area contributed by atoms with E-state index in [4.69, 9.17) is 2.74 Å². The fourth-order valence-electron chi connectivity index (χ4n) is 6.79. The molecule has 0 saturated heterocycles. The number of benzene rings is 9. The fraction of sp³-hybridized carbons (Fsp3) is 0. The van der Waals surface area contributed by atoms with Gasteiger partial charge in [0, 0.05) is 0 Å². The van der Waals surface area contributed by atoms with Crippen molar-refractivity contribution in [1.29, 1.82) is 0 Å². The number of hydrogen-bond donors (Lipinski definition) is 0. The molecule has 0 fully saturated rings. The fourth-order valence-corrected chi connectivity index (χ4v) is 6.79. The van der Waals surface area contributed by atoms with E-state index in [0.717, 1.165) is 32.7 Å². The summed E-state index contributed by atoms with van der Waals surface area (Å²) in [6.07, 6.45) is 0. The Balaban J connectivity index is 1.58. The zero-order valence-electron chi connectivity index (χ0n) is 31.8. The van der Waals surface area contributed by atoms with Crippen molar-refractivity contribution in [2.24, 2.45) is 0 Å². The van der Waals surface area contributed by atoms with Crippen LogP contribution in [0.5, 0.6) is 0 Å². The Morgan fingerprint density at radius 1 is 0.326 bits per heavy atom. The first-order valence-corrected chi connectivity index (χ1v) is 15.4. The highest BCUT2D eigenvalue weighted by Crippen LogP contribution is 2.46. The molecule has 0 nitrogen and oxygen atoms in total. The molecule has 0 N–H and O–H groups in total. The third-order valence-electron chi connectivity index (χ3n) is 8.86. The number of hydrogen-bond acceptors (Lipinski definition) is 0. The molecular weight excluding hydrogens is 553 g/mol. The summed E-state index contributed by atoms with van der Waals surface area (Å²) in [5.74, 6) is 0. The van der Waals surface area contributed by atoms with E-state index in [1.54, 1.807) is 0 Å². The maximum atomic E-state index is 10.1. The second-order valence-electron chi connectivity index (χ2n) is 11.5. The molecule has 0 aliphatic rings. The Morgan fingerprint density at radius 3 is 1.63 bits per heavy atom. The molecule has 9 aromatic rings. The quantitative estimate of drug-likeness (QED) is 0.179. The van der Waals surface area contributed by atoms with Crippen LogP contribution in [0.15, 0.2) is 182 Å². The van der Waals surface area contributed by atoms with Crippen LogP contribution < -0.4 is 0 Å². The molecule has 0 spiro atoms. The molecule has 9 rings (SSSR count). The first-order chi connectivity index (χ1) is 25.8. The summed E-state index contributed by atoms with van der Waals surface area (Å²) in [5, 5.41) is 4.90. The molecule has 9 aromatic carbocycles. The van der Waals surface area contributed by atoms with Gasteiger partial charge in [-0.05, 0) is 106 Å². The zero-order chi connectivity index (χ0) is 36.5. The van der Waals surface area contributed by atoms with E-state index in [9.17, 15) is 6.85 Å². The molecule has 0 atom stereocenters. The van der Waals surface area contributed by atoms with Crippen LogP contribution in [0.3, 0.4) is 0 Å². The van der Waals surface area contributed by atoms with Crippen LogP contribution in [0.1, 0.15) is 9.60 Å². The van der Waals surface area contributed by atoms with Gasteiger partial charge in [0.2, 0.25) is 0 Å². The van der Waals surface area contributed by atoms with Crippen LogP contribution in [-0.2, 0) is 0 Å². The van der Waals surface area contributed by atoms with Crippen LogP contribution in [0.25, 0.3) is 87.6 Å². The molecule has 214 valence electrons. The third-order valence-corrected chi connectivity index (χ3v) is 8.86. The van der Waals surface area contributed by atoms with Gasteiger partial charge in [-0.15, -0.1) is 0 Å². The summed E-state index contributed by atoms with van der Waals surface area (Å²) in [6.45, 7) is 0. The Bertz CT molecular complexity index is 2950. The average molecular weight is 590 g/mol. The van der Waals surface area contributed by atoms with Crippen LogP contribution in [-0.4, -0.2) is 0 Å².